The molecular weight excluding hydrogens is 413 g/mol. The predicted molar refractivity (Wildman–Crippen MR) is 108 cm³/mol. The van der Waals surface area contributed by atoms with E-state index in [1.54, 1.807) is 0 Å². The molecule has 2 N–H and O–H groups in total. The van der Waals surface area contributed by atoms with Crippen LogP contribution in [0.2, 0.25) is 0 Å². The standard InChI is InChI=1S/C15H23N3S2.HI/c1-13-2-4-14(5-3-13)12-20-9-6-17-15(16)18-7-10-19-11-8-18;/h2-5H,6-12H2,1H3,(H2,16,17);1H. The first-order chi connectivity index (χ1) is 9.75. The van der Waals surface area contributed by atoms with Gasteiger partial charge in [-0.1, -0.05) is 29.8 Å². The van der Waals surface area contributed by atoms with Gasteiger partial charge >= 0.3 is 0 Å². The predicted octanol–water partition coefficient (Wildman–Crippen LogP) is 3.21. The van der Waals surface area contributed by atoms with Crippen LogP contribution in [0.25, 0.3) is 0 Å². The van der Waals surface area contributed by atoms with Gasteiger partial charge in [-0.15, -0.1) is 24.0 Å². The first kappa shape index (κ1) is 19.0. The van der Waals surface area contributed by atoms with Crippen molar-refractivity contribution in [3.8, 4) is 0 Å². The summed E-state index contributed by atoms with van der Waals surface area (Å²) in [7, 11) is 0. The van der Waals surface area contributed by atoms with Crippen molar-refractivity contribution in [2.75, 3.05) is 36.9 Å². The molecule has 21 heavy (non-hydrogen) atoms. The number of aliphatic imine (C=N–C) groups is 1. The smallest absolute Gasteiger partial charge is 0.191 e. The van der Waals surface area contributed by atoms with Gasteiger partial charge in [0.1, 0.15) is 0 Å². The van der Waals surface area contributed by atoms with Crippen molar-refractivity contribution in [2.24, 2.45) is 10.7 Å². The Morgan fingerprint density at radius 2 is 1.95 bits per heavy atom. The van der Waals surface area contributed by atoms with Gasteiger partial charge in [0.05, 0.1) is 6.54 Å². The fourth-order valence-electron chi connectivity index (χ4n) is 1.99. The van der Waals surface area contributed by atoms with E-state index >= 15 is 0 Å². The molecule has 1 aromatic rings. The lowest BCUT2D eigenvalue weighted by atomic mass is 10.2. The highest BCUT2D eigenvalue weighted by molar-refractivity contribution is 14.0. The first-order valence-corrected chi connectivity index (χ1v) is 9.32. The quantitative estimate of drug-likeness (QED) is 0.333. The minimum atomic E-state index is 0. The second-order valence-electron chi connectivity index (χ2n) is 4.88. The summed E-state index contributed by atoms with van der Waals surface area (Å²) in [5.74, 6) is 5.13. The minimum Gasteiger partial charge on any atom is -0.370 e. The number of thioether (sulfide) groups is 2. The summed E-state index contributed by atoms with van der Waals surface area (Å²) in [6.45, 7) is 5.01. The van der Waals surface area contributed by atoms with Gasteiger partial charge in [0, 0.05) is 36.1 Å². The molecule has 0 amide bonds. The molecule has 2 rings (SSSR count). The van der Waals surface area contributed by atoms with Gasteiger partial charge in [0.25, 0.3) is 0 Å². The number of halogens is 1. The number of rotatable bonds is 5. The van der Waals surface area contributed by atoms with Gasteiger partial charge in [-0.05, 0) is 12.5 Å². The number of hydrogen-bond donors (Lipinski definition) is 1. The summed E-state index contributed by atoms with van der Waals surface area (Å²) in [6, 6.07) is 8.73. The third-order valence-corrected chi connectivity index (χ3v) is 5.19. The lowest BCUT2D eigenvalue weighted by Crippen LogP contribution is -2.42. The van der Waals surface area contributed by atoms with E-state index in [-0.39, 0.29) is 24.0 Å². The molecule has 118 valence electrons. The van der Waals surface area contributed by atoms with Crippen LogP contribution in [0.5, 0.6) is 0 Å². The van der Waals surface area contributed by atoms with Crippen LogP contribution in [0.3, 0.4) is 0 Å². The van der Waals surface area contributed by atoms with Crippen LogP contribution in [-0.4, -0.2) is 47.8 Å². The molecular formula is C15H24IN3S2. The van der Waals surface area contributed by atoms with Gasteiger partial charge in [-0.2, -0.15) is 23.5 Å². The average molecular weight is 437 g/mol. The van der Waals surface area contributed by atoms with Crippen LogP contribution in [-0.2, 0) is 5.75 Å². The molecule has 0 bridgehead atoms. The van der Waals surface area contributed by atoms with Crippen LogP contribution >= 0.6 is 47.5 Å². The topological polar surface area (TPSA) is 41.6 Å². The zero-order chi connectivity index (χ0) is 14.2. The Labute approximate surface area is 153 Å². The highest BCUT2D eigenvalue weighted by Crippen LogP contribution is 2.13. The molecule has 1 aliphatic rings. The van der Waals surface area contributed by atoms with Gasteiger partial charge < -0.3 is 10.6 Å². The zero-order valence-corrected chi connectivity index (χ0v) is 16.4. The summed E-state index contributed by atoms with van der Waals surface area (Å²) in [6.07, 6.45) is 0. The Morgan fingerprint density at radius 3 is 2.62 bits per heavy atom. The van der Waals surface area contributed by atoms with E-state index in [1.807, 2.05) is 23.5 Å². The van der Waals surface area contributed by atoms with Crippen molar-refractivity contribution in [3.63, 3.8) is 0 Å². The zero-order valence-electron chi connectivity index (χ0n) is 12.5. The van der Waals surface area contributed by atoms with Crippen molar-refractivity contribution >= 4 is 53.5 Å². The fraction of sp³-hybridized carbons (Fsp3) is 0.533. The number of guanidine groups is 1. The molecule has 0 aliphatic carbocycles. The van der Waals surface area contributed by atoms with E-state index in [2.05, 4.69) is 41.1 Å². The normalized spacial score (nSPS) is 15.7. The average Bonchev–Trinajstić information content (AvgIpc) is 2.49. The molecule has 1 aromatic carbocycles. The Morgan fingerprint density at radius 1 is 1.29 bits per heavy atom. The van der Waals surface area contributed by atoms with Crippen LogP contribution < -0.4 is 5.73 Å². The highest BCUT2D eigenvalue weighted by atomic mass is 127. The van der Waals surface area contributed by atoms with Gasteiger partial charge in [-0.25, -0.2) is 0 Å². The molecule has 1 aliphatic heterocycles. The largest absolute Gasteiger partial charge is 0.370 e. The highest BCUT2D eigenvalue weighted by Gasteiger charge is 2.11. The Kier molecular flexibility index (Phi) is 9.59. The van der Waals surface area contributed by atoms with Gasteiger partial charge in [-0.3, -0.25) is 4.99 Å². The number of aryl methyl sites for hydroxylation is 1. The molecule has 1 saturated heterocycles. The Hall–Kier alpha value is -0.0800. The minimum absolute atomic E-state index is 0. The molecule has 1 fully saturated rings. The van der Waals surface area contributed by atoms with Crippen LogP contribution in [0, 0.1) is 6.92 Å². The molecule has 1 heterocycles. The van der Waals surface area contributed by atoms with E-state index in [4.69, 9.17) is 5.73 Å². The number of benzene rings is 1. The Bertz CT molecular complexity index is 431. The van der Waals surface area contributed by atoms with E-state index < -0.39 is 0 Å². The molecule has 0 unspecified atom stereocenters. The maximum Gasteiger partial charge on any atom is 0.191 e. The fourth-order valence-corrected chi connectivity index (χ4v) is 3.69. The third kappa shape index (κ3) is 7.15. The number of hydrogen-bond acceptors (Lipinski definition) is 3. The lowest BCUT2D eigenvalue weighted by molar-refractivity contribution is 0.456. The van der Waals surface area contributed by atoms with Crippen molar-refractivity contribution in [3.05, 3.63) is 35.4 Å². The summed E-state index contributed by atoms with van der Waals surface area (Å²) < 4.78 is 0. The van der Waals surface area contributed by atoms with E-state index in [0.29, 0.717) is 0 Å². The molecule has 0 saturated carbocycles. The maximum absolute atomic E-state index is 6.02. The van der Waals surface area contributed by atoms with E-state index in [1.165, 1.54) is 22.6 Å². The summed E-state index contributed by atoms with van der Waals surface area (Å²) in [4.78, 5) is 6.68. The Balaban J connectivity index is 0.00000220. The van der Waals surface area contributed by atoms with Gasteiger partial charge in [0.2, 0.25) is 0 Å². The van der Waals surface area contributed by atoms with E-state index in [0.717, 1.165) is 37.1 Å². The van der Waals surface area contributed by atoms with Crippen molar-refractivity contribution in [1.29, 1.82) is 0 Å². The van der Waals surface area contributed by atoms with Crippen molar-refractivity contribution < 1.29 is 0 Å². The summed E-state index contributed by atoms with van der Waals surface area (Å²) in [5, 5.41) is 0. The molecule has 0 radical (unpaired) electrons. The summed E-state index contributed by atoms with van der Waals surface area (Å²) >= 11 is 3.91. The molecule has 3 nitrogen and oxygen atoms in total. The van der Waals surface area contributed by atoms with Crippen LogP contribution in [0.1, 0.15) is 11.1 Å². The SMILES string of the molecule is Cc1ccc(CSCCN=C(N)N2CCSCC2)cc1.I. The third-order valence-electron chi connectivity index (χ3n) is 3.23. The lowest BCUT2D eigenvalue weighted by Gasteiger charge is -2.27. The second kappa shape index (κ2) is 10.6. The van der Waals surface area contributed by atoms with E-state index in [9.17, 15) is 0 Å². The van der Waals surface area contributed by atoms with Crippen LogP contribution in [0.4, 0.5) is 0 Å². The van der Waals surface area contributed by atoms with Crippen molar-refractivity contribution in [2.45, 2.75) is 12.7 Å². The molecule has 0 aromatic heterocycles. The van der Waals surface area contributed by atoms with Gasteiger partial charge in [0.15, 0.2) is 5.96 Å². The molecule has 6 heteroatoms. The van der Waals surface area contributed by atoms with Crippen molar-refractivity contribution in [1.82, 2.24) is 4.90 Å². The first-order valence-electron chi connectivity index (χ1n) is 7.01. The molecule has 0 spiro atoms. The number of nitrogens with two attached hydrogens (primary N) is 1. The monoisotopic (exact) mass is 437 g/mol. The molecule has 0 atom stereocenters. The van der Waals surface area contributed by atoms with Crippen LogP contribution in [0.15, 0.2) is 29.3 Å². The number of nitrogens with zero attached hydrogens (tertiary/aromatic N) is 2. The second-order valence-corrected chi connectivity index (χ2v) is 7.21. The maximum atomic E-state index is 6.02. The summed E-state index contributed by atoms with van der Waals surface area (Å²) in [5.41, 5.74) is 8.71.